The molecule has 346 valence electrons. The predicted octanol–water partition coefficient (Wildman–Crippen LogP) is 15.0. The standard InChI is InChI=1S/C54H95NO5/c1-4-7-10-13-16-19-21-23-25-26-28-30-32-35-38-41-44-47-54(59)60-50(45-42-39-36-34-31-29-27-24-22-20-17-14-11-8-5-2)48-53(58)55-51(49-56)52(57)46-43-40-37-33-18-15-12-9-6-3/h16-17,19-20,23-25,27,31,34,39,42,50-52,56-57H,4-15,18,21-22,26,28-30,32-33,35-38,40-41,43-49H2,1-3H3,(H,55,58)/b19-16-,20-17-,25-23-,27-24-,34-31-,42-39-. The van der Waals surface area contributed by atoms with Crippen LogP contribution in [0.25, 0.3) is 0 Å². The largest absolute Gasteiger partial charge is 0.461 e. The SMILES string of the molecule is CCCCC/C=C\C/C=C\C/C=C\C/C=C\CC(CC(=O)NC(CO)C(O)CCCCCCCCCCC)OC(=O)CCCCCCCCC/C=C\C/C=C\CCCCC. The summed E-state index contributed by atoms with van der Waals surface area (Å²) >= 11 is 0. The van der Waals surface area contributed by atoms with E-state index in [1.54, 1.807) is 0 Å². The van der Waals surface area contributed by atoms with Crippen LogP contribution in [0.1, 0.15) is 233 Å². The van der Waals surface area contributed by atoms with E-state index in [1.807, 2.05) is 12.2 Å². The molecule has 0 aromatic heterocycles. The Bertz CT molecular complexity index is 1120. The summed E-state index contributed by atoms with van der Waals surface area (Å²) in [7, 11) is 0. The van der Waals surface area contributed by atoms with Crippen molar-refractivity contribution in [1.29, 1.82) is 0 Å². The molecule has 3 atom stereocenters. The van der Waals surface area contributed by atoms with E-state index in [0.717, 1.165) is 70.6 Å². The first kappa shape index (κ1) is 57.3. The summed E-state index contributed by atoms with van der Waals surface area (Å²) in [5.41, 5.74) is 0. The Balaban J connectivity index is 4.72. The number of unbranched alkanes of at least 4 members (excludes halogenated alkanes) is 21. The number of nitrogens with one attached hydrogen (secondary N) is 1. The Labute approximate surface area is 371 Å². The van der Waals surface area contributed by atoms with E-state index in [0.29, 0.717) is 19.3 Å². The minimum absolute atomic E-state index is 0.00402. The average Bonchev–Trinajstić information content (AvgIpc) is 3.24. The summed E-state index contributed by atoms with van der Waals surface area (Å²) in [6, 6.07) is -0.733. The van der Waals surface area contributed by atoms with E-state index >= 15 is 0 Å². The van der Waals surface area contributed by atoms with Gasteiger partial charge < -0.3 is 20.3 Å². The lowest BCUT2D eigenvalue weighted by Crippen LogP contribution is -2.46. The van der Waals surface area contributed by atoms with E-state index in [-0.39, 0.29) is 24.9 Å². The van der Waals surface area contributed by atoms with Gasteiger partial charge in [0, 0.05) is 12.8 Å². The van der Waals surface area contributed by atoms with Gasteiger partial charge in [0.05, 0.1) is 25.2 Å². The van der Waals surface area contributed by atoms with Crippen LogP contribution in [-0.2, 0) is 14.3 Å². The van der Waals surface area contributed by atoms with Gasteiger partial charge in [-0.3, -0.25) is 9.59 Å². The van der Waals surface area contributed by atoms with Gasteiger partial charge in [-0.2, -0.15) is 0 Å². The number of carbonyl (C=O) groups excluding carboxylic acids is 2. The lowest BCUT2D eigenvalue weighted by molar-refractivity contribution is -0.150. The summed E-state index contributed by atoms with van der Waals surface area (Å²) in [4.78, 5) is 26.1. The van der Waals surface area contributed by atoms with Gasteiger partial charge in [0.25, 0.3) is 0 Å². The number of ether oxygens (including phenoxy) is 1. The molecule has 0 aromatic carbocycles. The molecule has 60 heavy (non-hydrogen) atoms. The molecule has 0 spiro atoms. The normalized spacial score (nSPS) is 13.9. The molecule has 0 saturated heterocycles. The molecule has 0 radical (unpaired) electrons. The van der Waals surface area contributed by atoms with E-state index in [9.17, 15) is 19.8 Å². The predicted molar refractivity (Wildman–Crippen MR) is 259 cm³/mol. The number of amides is 1. The maximum atomic E-state index is 13.1. The van der Waals surface area contributed by atoms with Gasteiger partial charge in [0.1, 0.15) is 6.10 Å². The topological polar surface area (TPSA) is 95.9 Å². The zero-order chi connectivity index (χ0) is 43.8. The number of hydrogen-bond donors (Lipinski definition) is 3. The quantitative estimate of drug-likeness (QED) is 0.0323. The van der Waals surface area contributed by atoms with Crippen molar-refractivity contribution in [3.05, 3.63) is 72.9 Å². The van der Waals surface area contributed by atoms with Crippen LogP contribution in [-0.4, -0.2) is 46.9 Å². The Morgan fingerprint density at radius 2 is 0.883 bits per heavy atom. The van der Waals surface area contributed by atoms with Crippen LogP contribution in [0.4, 0.5) is 0 Å². The molecule has 6 nitrogen and oxygen atoms in total. The highest BCUT2D eigenvalue weighted by Crippen LogP contribution is 2.15. The summed E-state index contributed by atoms with van der Waals surface area (Å²) in [5.74, 6) is -0.589. The van der Waals surface area contributed by atoms with Crippen LogP contribution in [0.5, 0.6) is 0 Å². The van der Waals surface area contributed by atoms with E-state index in [1.165, 1.54) is 116 Å². The molecule has 1 amide bonds. The van der Waals surface area contributed by atoms with Crippen molar-refractivity contribution in [3.63, 3.8) is 0 Å². The van der Waals surface area contributed by atoms with E-state index in [2.05, 4.69) is 86.8 Å². The van der Waals surface area contributed by atoms with Gasteiger partial charge in [0.2, 0.25) is 5.91 Å². The molecule has 0 rings (SSSR count). The average molecular weight is 838 g/mol. The number of carbonyl (C=O) groups is 2. The molecule has 0 aliphatic heterocycles. The van der Waals surface area contributed by atoms with Gasteiger partial charge >= 0.3 is 5.97 Å². The first-order chi connectivity index (χ1) is 29.5. The Morgan fingerprint density at radius 3 is 1.37 bits per heavy atom. The molecule has 0 aromatic rings. The minimum Gasteiger partial charge on any atom is -0.461 e. The van der Waals surface area contributed by atoms with Crippen molar-refractivity contribution < 1.29 is 24.5 Å². The molecule has 0 bridgehead atoms. The van der Waals surface area contributed by atoms with Gasteiger partial charge in [-0.05, 0) is 77.0 Å². The maximum absolute atomic E-state index is 13.1. The lowest BCUT2D eigenvalue weighted by Gasteiger charge is -2.24. The molecule has 0 heterocycles. The molecular weight excluding hydrogens is 743 g/mol. The third-order valence-electron chi connectivity index (χ3n) is 11.0. The third kappa shape index (κ3) is 42.0. The number of aliphatic hydroxyl groups excluding tert-OH is 2. The van der Waals surface area contributed by atoms with Crippen LogP contribution in [0.3, 0.4) is 0 Å². The van der Waals surface area contributed by atoms with Gasteiger partial charge in [-0.25, -0.2) is 0 Å². The maximum Gasteiger partial charge on any atom is 0.306 e. The van der Waals surface area contributed by atoms with Crippen molar-refractivity contribution in [1.82, 2.24) is 5.32 Å². The van der Waals surface area contributed by atoms with Crippen molar-refractivity contribution in [3.8, 4) is 0 Å². The highest BCUT2D eigenvalue weighted by atomic mass is 16.5. The Hall–Kier alpha value is -2.70. The zero-order valence-corrected chi connectivity index (χ0v) is 39.3. The monoisotopic (exact) mass is 838 g/mol. The number of allylic oxidation sites excluding steroid dienone is 11. The second kappa shape index (κ2) is 47.4. The molecule has 6 heteroatoms. The van der Waals surface area contributed by atoms with Crippen molar-refractivity contribution in [2.24, 2.45) is 0 Å². The fourth-order valence-corrected chi connectivity index (χ4v) is 7.14. The van der Waals surface area contributed by atoms with Crippen LogP contribution in [0.15, 0.2) is 72.9 Å². The second-order valence-corrected chi connectivity index (χ2v) is 16.9. The molecule has 3 unspecified atom stereocenters. The fraction of sp³-hybridized carbons (Fsp3) is 0.741. The first-order valence-corrected chi connectivity index (χ1v) is 25.2. The summed E-state index contributed by atoms with van der Waals surface area (Å²) in [6.45, 7) is 6.37. The smallest absolute Gasteiger partial charge is 0.306 e. The molecular formula is C54H95NO5. The number of esters is 1. The van der Waals surface area contributed by atoms with E-state index in [4.69, 9.17) is 4.74 Å². The molecule has 0 saturated carbocycles. The highest BCUT2D eigenvalue weighted by Gasteiger charge is 2.23. The van der Waals surface area contributed by atoms with Crippen LogP contribution >= 0.6 is 0 Å². The van der Waals surface area contributed by atoms with Crippen LogP contribution in [0, 0.1) is 0 Å². The number of hydrogen-bond acceptors (Lipinski definition) is 5. The number of aliphatic hydroxyl groups is 2. The lowest BCUT2D eigenvalue weighted by atomic mass is 10.0. The molecule has 0 fully saturated rings. The summed E-state index contributed by atoms with van der Waals surface area (Å²) in [5, 5.41) is 23.6. The molecule has 0 aliphatic carbocycles. The number of rotatable bonds is 44. The fourth-order valence-electron chi connectivity index (χ4n) is 7.14. The van der Waals surface area contributed by atoms with Crippen molar-refractivity contribution in [2.45, 2.75) is 251 Å². The van der Waals surface area contributed by atoms with Gasteiger partial charge in [-0.1, -0.05) is 209 Å². The second-order valence-electron chi connectivity index (χ2n) is 16.9. The molecule has 0 aliphatic rings. The third-order valence-corrected chi connectivity index (χ3v) is 11.0. The van der Waals surface area contributed by atoms with Crippen LogP contribution in [0.2, 0.25) is 0 Å². The van der Waals surface area contributed by atoms with Crippen molar-refractivity contribution >= 4 is 11.9 Å². The minimum atomic E-state index is -0.813. The first-order valence-electron chi connectivity index (χ1n) is 25.2. The molecule has 3 N–H and O–H groups in total. The van der Waals surface area contributed by atoms with Gasteiger partial charge in [0.15, 0.2) is 0 Å². The summed E-state index contributed by atoms with van der Waals surface area (Å²) in [6.07, 6.45) is 59.8. The Kier molecular flexibility index (Phi) is 45.2. The highest BCUT2D eigenvalue weighted by molar-refractivity contribution is 5.77. The van der Waals surface area contributed by atoms with Gasteiger partial charge in [-0.15, -0.1) is 0 Å². The zero-order valence-electron chi connectivity index (χ0n) is 39.3. The van der Waals surface area contributed by atoms with Crippen LogP contribution < -0.4 is 5.32 Å². The summed E-state index contributed by atoms with van der Waals surface area (Å²) < 4.78 is 5.86. The van der Waals surface area contributed by atoms with E-state index < -0.39 is 18.2 Å². The Morgan fingerprint density at radius 1 is 0.500 bits per heavy atom. The van der Waals surface area contributed by atoms with Crippen molar-refractivity contribution in [2.75, 3.05) is 6.61 Å².